The van der Waals surface area contributed by atoms with Crippen LogP contribution in [0.15, 0.2) is 85.7 Å². The average molecular weight is 1480 g/mol. The van der Waals surface area contributed by atoms with E-state index in [1.54, 1.807) is 44.7 Å². The standard InChI is InChI=1S/C35H45ClN10O3S.C21H34N4O.C14H12Cl2N6O2S/c1-6-22-17-29(31(49-4)18-30(22)45-15-11-23(12-16-45)46-21-24-7-8-25(46)20-43(24)2)41-35-39-19-26(36)34(42-35)40-28-10-9-27-32(38-14-13-37-27)33(28)44(3)50(5,47)48;1-4-15-11-19(22)21(26-3)12-20(15)24-9-7-16(8-10-24)25-14-17-5-6-18(25)13-23(17)2;1-22(25(2,23)24)12-10(4-3-9-11(12)18-6-5-17-9)20-13-8(15)7-19-14(16)21-13/h9-10,13-14,17-19,23-25H,6-8,11-12,15-16,20-21H2,1-5H3,(H2,39,40,41,42);11-12,16-18H,4-10,13-14,22H2,1-3H3;3-7H,1-2H3,(H,19,20,21). The first-order chi connectivity index (χ1) is 48.4. The van der Waals surface area contributed by atoms with Gasteiger partial charge in [0.25, 0.3) is 0 Å². The number of piperazine rings is 2. The summed E-state index contributed by atoms with van der Waals surface area (Å²) in [4.78, 5) is 50.0. The van der Waals surface area contributed by atoms with Gasteiger partial charge in [-0.1, -0.05) is 37.0 Å². The molecular formula is C70H91Cl3N20O6S2. The average Bonchev–Trinajstić information content (AvgIpc) is 0.782. The number of aryl methyl sites for hydroxylation is 2. The van der Waals surface area contributed by atoms with Crippen LogP contribution in [-0.2, 0) is 32.9 Å². The smallest absolute Gasteiger partial charge is 0.232 e. The molecule has 4 bridgehead atoms. The van der Waals surface area contributed by atoms with Crippen LogP contribution in [0.1, 0.15) is 76.3 Å². The third kappa shape index (κ3) is 16.1. The number of hydrogen-bond acceptors (Lipinski definition) is 24. The maximum absolute atomic E-state index is 12.6. The lowest BCUT2D eigenvalue weighted by Crippen LogP contribution is -2.64. The van der Waals surface area contributed by atoms with Crippen molar-refractivity contribution < 1.29 is 26.3 Å². The van der Waals surface area contributed by atoms with Crippen molar-refractivity contribution in [1.82, 2.24) is 59.5 Å². The molecule has 8 aliphatic heterocycles. The number of piperidine rings is 6. The van der Waals surface area contributed by atoms with Crippen molar-refractivity contribution in [3.8, 4) is 11.5 Å². The molecule has 12 heterocycles. The van der Waals surface area contributed by atoms with Gasteiger partial charge in [0.15, 0.2) is 11.6 Å². The third-order valence-electron chi connectivity index (χ3n) is 20.9. The first kappa shape index (κ1) is 73.1. The molecule has 0 aliphatic carbocycles. The Morgan fingerprint density at radius 1 is 0.525 bits per heavy atom. The van der Waals surface area contributed by atoms with Crippen molar-refractivity contribution in [3.05, 3.63) is 112 Å². The van der Waals surface area contributed by atoms with Gasteiger partial charge >= 0.3 is 0 Å². The number of nitrogens with one attached hydrogen (secondary N) is 3. The van der Waals surface area contributed by atoms with Gasteiger partial charge in [-0.05, 0) is 137 Å². The van der Waals surface area contributed by atoms with E-state index in [1.165, 1.54) is 132 Å². The van der Waals surface area contributed by atoms with Crippen molar-refractivity contribution in [2.45, 2.75) is 114 Å². The maximum Gasteiger partial charge on any atom is 0.232 e. The highest BCUT2D eigenvalue weighted by Gasteiger charge is 2.43. The lowest BCUT2D eigenvalue weighted by atomic mass is 9.88. The molecule has 8 aromatic rings. The number of anilines is 11. The molecule has 0 amide bonds. The number of nitrogen functional groups attached to an aromatic ring is 1. The van der Waals surface area contributed by atoms with E-state index in [1.807, 2.05) is 0 Å². The van der Waals surface area contributed by atoms with Gasteiger partial charge in [0.05, 0.1) is 72.9 Å². The van der Waals surface area contributed by atoms with Crippen LogP contribution in [0.2, 0.25) is 15.3 Å². The number of sulfonamides is 2. The number of fused-ring (bicyclic) bond motifs is 8. The summed E-state index contributed by atoms with van der Waals surface area (Å²) in [5, 5.41) is 10.0. The van der Waals surface area contributed by atoms with Gasteiger partial charge in [-0.3, -0.25) is 38.3 Å². The quantitative estimate of drug-likeness (QED) is 0.0459. The molecule has 0 saturated carbocycles. The van der Waals surface area contributed by atoms with Crippen LogP contribution in [0.25, 0.3) is 22.1 Å². The Morgan fingerprint density at radius 2 is 0.960 bits per heavy atom. The molecular weight excluding hydrogens is 1390 g/mol. The van der Waals surface area contributed by atoms with Gasteiger partial charge in [0.1, 0.15) is 44.0 Å². The Balaban J connectivity index is 0.000000159. The zero-order chi connectivity index (χ0) is 71.6. The Kier molecular flexibility index (Phi) is 22.5. The zero-order valence-corrected chi connectivity index (χ0v) is 62.8. The summed E-state index contributed by atoms with van der Waals surface area (Å²) in [5.74, 6) is 2.32. The van der Waals surface area contributed by atoms with E-state index in [4.69, 9.17) is 50.0 Å². The molecule has 16 rings (SSSR count). The molecule has 5 N–H and O–H groups in total. The normalized spacial score (nSPS) is 20.1. The van der Waals surface area contributed by atoms with Gasteiger partial charge in [-0.15, -0.1) is 0 Å². The first-order valence-corrected chi connectivity index (χ1v) is 39.2. The molecule has 31 heteroatoms. The van der Waals surface area contributed by atoms with Gasteiger partial charge < -0.3 is 50.8 Å². The van der Waals surface area contributed by atoms with Crippen molar-refractivity contribution in [3.63, 3.8) is 0 Å². The van der Waals surface area contributed by atoms with Crippen molar-refractivity contribution in [2.24, 2.45) is 0 Å². The second kappa shape index (κ2) is 31.1. The molecule has 8 aliphatic rings. The Bertz CT molecular complexity index is 4540. The fraction of sp³-hybridized carbons (Fsp3) is 0.486. The highest BCUT2D eigenvalue weighted by Crippen LogP contribution is 2.43. The van der Waals surface area contributed by atoms with E-state index >= 15 is 0 Å². The number of benzene rings is 4. The van der Waals surface area contributed by atoms with Crippen LogP contribution in [0.3, 0.4) is 0 Å². The molecule has 0 radical (unpaired) electrons. The predicted octanol–water partition coefficient (Wildman–Crippen LogP) is 10.7. The van der Waals surface area contributed by atoms with E-state index in [0.29, 0.717) is 80.5 Å². The van der Waals surface area contributed by atoms with Crippen LogP contribution in [-0.4, -0.2) is 220 Å². The minimum absolute atomic E-state index is 0.00509. The second-order valence-corrected chi connectivity index (χ2v) is 32.1. The molecule has 0 spiro atoms. The number of ether oxygens (including phenoxy) is 2. The lowest BCUT2D eigenvalue weighted by Gasteiger charge is -2.54. The van der Waals surface area contributed by atoms with Crippen LogP contribution in [0.5, 0.6) is 11.5 Å². The number of rotatable bonds is 18. The molecule has 26 nitrogen and oxygen atoms in total. The van der Waals surface area contributed by atoms with E-state index in [9.17, 15) is 16.8 Å². The number of halogens is 3. The fourth-order valence-electron chi connectivity index (χ4n) is 15.3. The molecule has 4 unspecified atom stereocenters. The number of nitrogens with zero attached hydrogens (tertiary/aromatic N) is 16. The third-order valence-corrected chi connectivity index (χ3v) is 24.0. The fourth-order valence-corrected chi connectivity index (χ4v) is 16.7. The second-order valence-electron chi connectivity index (χ2n) is 26.9. The van der Waals surface area contributed by atoms with Gasteiger partial charge in [0, 0.05) is 151 Å². The highest BCUT2D eigenvalue weighted by molar-refractivity contribution is 7.92. The zero-order valence-electron chi connectivity index (χ0n) is 58.9. The van der Waals surface area contributed by atoms with Crippen LogP contribution >= 0.6 is 34.8 Å². The van der Waals surface area contributed by atoms with Crippen molar-refractivity contribution in [2.75, 3.05) is 147 Å². The number of methoxy groups -OCH3 is 2. The summed E-state index contributed by atoms with van der Waals surface area (Å²) in [5.41, 5.74) is 16.1. The molecule has 4 aromatic heterocycles. The summed E-state index contributed by atoms with van der Waals surface area (Å²) in [7, 11) is 3.68. The number of nitrogens with two attached hydrogens (primary N) is 1. The van der Waals surface area contributed by atoms with Gasteiger partial charge in [0.2, 0.25) is 31.3 Å². The monoisotopic (exact) mass is 1480 g/mol. The molecule has 4 atom stereocenters. The summed E-state index contributed by atoms with van der Waals surface area (Å²) in [6, 6.07) is 19.7. The van der Waals surface area contributed by atoms with Crippen LogP contribution < -0.4 is 49.6 Å². The number of hydrogen-bond donors (Lipinski definition) is 4. The highest BCUT2D eigenvalue weighted by atomic mass is 35.5. The van der Waals surface area contributed by atoms with E-state index in [0.717, 1.165) is 108 Å². The minimum atomic E-state index is -3.63. The Labute approximate surface area is 607 Å². The molecule has 4 aromatic carbocycles. The SMILES string of the molecule is CCc1cc(N)c(OC)cc1N1CCC(N2CC3CCC2CN3C)CC1.CCc1cc(Nc2ncc(Cl)c(Nc3ccc4nccnc4c3N(C)S(C)(=O)=O)n2)c(OC)cc1N1CCC(N2CC3CCC2CN3C)CC1.CN(c1c(Nc2nc(Cl)ncc2Cl)ccc2nccnc12)S(C)(=O)=O. The van der Waals surface area contributed by atoms with Crippen molar-refractivity contribution in [1.29, 1.82) is 0 Å². The van der Waals surface area contributed by atoms with E-state index < -0.39 is 20.0 Å². The van der Waals surface area contributed by atoms with Crippen molar-refractivity contribution >= 4 is 140 Å². The minimum Gasteiger partial charge on any atom is -0.495 e. The van der Waals surface area contributed by atoms with Gasteiger partial charge in [-0.25, -0.2) is 26.8 Å². The molecule has 101 heavy (non-hydrogen) atoms. The largest absolute Gasteiger partial charge is 0.495 e. The topological polar surface area (TPSA) is 278 Å². The lowest BCUT2D eigenvalue weighted by molar-refractivity contribution is -0.0360. The van der Waals surface area contributed by atoms with Crippen LogP contribution in [0.4, 0.5) is 63.1 Å². The van der Waals surface area contributed by atoms with Crippen LogP contribution in [0, 0.1) is 0 Å². The summed E-state index contributed by atoms with van der Waals surface area (Å²) in [6.45, 7) is 13.6. The summed E-state index contributed by atoms with van der Waals surface area (Å²) >= 11 is 18.5. The number of aromatic nitrogens is 8. The van der Waals surface area contributed by atoms with E-state index in [2.05, 4.69) is 137 Å². The summed E-state index contributed by atoms with van der Waals surface area (Å²) in [6.07, 6.45) is 23.3. The summed E-state index contributed by atoms with van der Waals surface area (Å²) < 4.78 is 63.1. The maximum atomic E-state index is 12.6. The van der Waals surface area contributed by atoms with E-state index in [-0.39, 0.29) is 21.1 Å². The molecule has 8 saturated heterocycles. The first-order valence-electron chi connectivity index (χ1n) is 34.4. The Hall–Kier alpha value is -7.67. The molecule has 8 fully saturated rings. The Morgan fingerprint density at radius 3 is 1.40 bits per heavy atom. The molecule has 540 valence electrons. The number of likely N-dealkylation sites (N-methyl/N-ethyl adjacent to an activating group) is 2. The van der Waals surface area contributed by atoms with Gasteiger partial charge in [-0.2, -0.15) is 9.97 Å². The predicted molar refractivity (Wildman–Crippen MR) is 406 cm³/mol.